The van der Waals surface area contributed by atoms with Gasteiger partial charge >= 0.3 is 5.97 Å². The molecule has 0 saturated heterocycles. The van der Waals surface area contributed by atoms with E-state index in [0.29, 0.717) is 5.76 Å². The van der Waals surface area contributed by atoms with Gasteiger partial charge in [-0.25, -0.2) is 4.79 Å². The number of carboxylic acid groups (broad SMARTS) is 1. The van der Waals surface area contributed by atoms with Crippen molar-refractivity contribution in [3.8, 4) is 11.3 Å². The zero-order valence-electron chi connectivity index (χ0n) is 10.3. The lowest BCUT2D eigenvalue weighted by atomic mass is 10.1. The molecule has 2 rings (SSSR count). The van der Waals surface area contributed by atoms with Crippen LogP contribution in [0.1, 0.15) is 10.5 Å². The molecule has 1 aromatic carbocycles. The number of hydrogen-bond acceptors (Lipinski definition) is 5. The van der Waals surface area contributed by atoms with Crippen LogP contribution in [0.15, 0.2) is 40.9 Å². The summed E-state index contributed by atoms with van der Waals surface area (Å²) in [6.45, 7) is -0.401. The van der Waals surface area contributed by atoms with Gasteiger partial charge in [-0.2, -0.15) is 0 Å². The van der Waals surface area contributed by atoms with Crippen molar-refractivity contribution in [1.29, 1.82) is 0 Å². The monoisotopic (exact) mass is 276 g/mol. The predicted octanol–water partition coefficient (Wildman–Crippen LogP) is 0.517. The number of benzene rings is 1. The molecular weight excluding hydrogens is 264 g/mol. The molecule has 0 aliphatic heterocycles. The van der Waals surface area contributed by atoms with E-state index in [4.69, 9.17) is 14.7 Å². The van der Waals surface area contributed by atoms with E-state index in [1.807, 2.05) is 18.2 Å². The normalized spacial score (nSPS) is 11.8. The van der Waals surface area contributed by atoms with Gasteiger partial charge in [0.15, 0.2) is 17.6 Å². The molecule has 1 aromatic heterocycles. The van der Waals surface area contributed by atoms with Crippen LogP contribution in [0.2, 0.25) is 0 Å². The van der Waals surface area contributed by atoms with Crippen molar-refractivity contribution < 1.29 is 24.3 Å². The van der Waals surface area contributed by atoms with E-state index in [1.54, 1.807) is 12.1 Å². The first-order valence-electron chi connectivity index (χ1n) is 5.79. The van der Waals surface area contributed by atoms with Crippen LogP contribution in [0.3, 0.4) is 0 Å². The van der Waals surface area contributed by atoms with Gasteiger partial charge in [0.05, 0.1) is 6.54 Å². The van der Waals surface area contributed by atoms with Gasteiger partial charge < -0.3 is 20.1 Å². The minimum Gasteiger partial charge on any atom is -0.479 e. The van der Waals surface area contributed by atoms with Gasteiger partial charge in [0.2, 0.25) is 0 Å². The van der Waals surface area contributed by atoms with Crippen LogP contribution in [0, 0.1) is 0 Å². The number of amides is 1. The van der Waals surface area contributed by atoms with Crippen LogP contribution in [0.4, 0.5) is 0 Å². The Morgan fingerprint density at radius 3 is 2.65 bits per heavy atom. The fourth-order valence-electron chi connectivity index (χ4n) is 1.49. The lowest BCUT2D eigenvalue weighted by Crippen LogP contribution is -2.36. The van der Waals surface area contributed by atoms with Crippen LogP contribution in [-0.2, 0) is 4.79 Å². The van der Waals surface area contributed by atoms with Crippen molar-refractivity contribution in [1.82, 2.24) is 10.5 Å². The molecule has 2 aromatic rings. The average molecular weight is 276 g/mol. The first-order valence-corrected chi connectivity index (χ1v) is 5.79. The maximum absolute atomic E-state index is 11.7. The van der Waals surface area contributed by atoms with Gasteiger partial charge in [0, 0.05) is 11.6 Å². The van der Waals surface area contributed by atoms with Crippen LogP contribution >= 0.6 is 0 Å². The minimum absolute atomic E-state index is 0.0152. The summed E-state index contributed by atoms with van der Waals surface area (Å²) in [5.74, 6) is -1.60. The second-order valence-electron chi connectivity index (χ2n) is 4.01. The van der Waals surface area contributed by atoms with Crippen molar-refractivity contribution in [3.05, 3.63) is 42.1 Å². The number of aliphatic hydroxyl groups is 1. The first kappa shape index (κ1) is 13.8. The molecule has 7 nitrogen and oxygen atoms in total. The molecule has 0 radical (unpaired) electrons. The summed E-state index contributed by atoms with van der Waals surface area (Å²) >= 11 is 0. The van der Waals surface area contributed by atoms with Crippen molar-refractivity contribution in [2.45, 2.75) is 6.10 Å². The summed E-state index contributed by atoms with van der Waals surface area (Å²) in [5, 5.41) is 23.4. The Morgan fingerprint density at radius 2 is 2.00 bits per heavy atom. The van der Waals surface area contributed by atoms with Gasteiger partial charge in [-0.15, -0.1) is 0 Å². The Balaban J connectivity index is 2.02. The number of aliphatic carboxylic acids is 1. The Hall–Kier alpha value is -2.67. The first-order chi connectivity index (χ1) is 9.58. The number of nitrogens with one attached hydrogen (secondary N) is 1. The van der Waals surface area contributed by atoms with E-state index in [2.05, 4.69) is 10.5 Å². The number of carboxylic acids is 1. The minimum atomic E-state index is -1.65. The highest BCUT2D eigenvalue weighted by Crippen LogP contribution is 2.19. The highest BCUT2D eigenvalue weighted by atomic mass is 16.5. The highest BCUT2D eigenvalue weighted by Gasteiger charge is 2.17. The van der Waals surface area contributed by atoms with E-state index < -0.39 is 24.5 Å². The number of carbonyl (C=O) groups excluding carboxylic acids is 1. The van der Waals surface area contributed by atoms with E-state index in [0.717, 1.165) is 5.56 Å². The topological polar surface area (TPSA) is 113 Å². The molecule has 1 heterocycles. The molecule has 0 bridgehead atoms. The van der Waals surface area contributed by atoms with Gasteiger partial charge in [0.1, 0.15) is 0 Å². The van der Waals surface area contributed by atoms with Gasteiger partial charge in [-0.3, -0.25) is 4.79 Å². The maximum Gasteiger partial charge on any atom is 0.334 e. The van der Waals surface area contributed by atoms with Crippen LogP contribution < -0.4 is 5.32 Å². The third kappa shape index (κ3) is 3.21. The number of rotatable bonds is 5. The molecule has 0 saturated carbocycles. The molecule has 1 amide bonds. The number of hydrogen-bond donors (Lipinski definition) is 3. The summed E-state index contributed by atoms with van der Waals surface area (Å²) in [6, 6.07) is 10.5. The average Bonchev–Trinajstić information content (AvgIpc) is 2.95. The van der Waals surface area contributed by atoms with Gasteiger partial charge in [-0.05, 0) is 0 Å². The fraction of sp³-hybridized carbons (Fsp3) is 0.154. The van der Waals surface area contributed by atoms with E-state index in [9.17, 15) is 9.59 Å². The standard InChI is InChI=1S/C13H12N2O5/c16-10(13(18)19)7-14-12(17)9-6-11(20-15-9)8-4-2-1-3-5-8/h1-6,10,16H,7H2,(H,14,17)(H,18,19)/t10-/m0/s1. The lowest BCUT2D eigenvalue weighted by Gasteiger charge is -2.05. The molecule has 0 spiro atoms. The quantitative estimate of drug-likeness (QED) is 0.733. The molecule has 20 heavy (non-hydrogen) atoms. The van der Waals surface area contributed by atoms with Gasteiger partial charge in [-0.1, -0.05) is 35.5 Å². The summed E-state index contributed by atoms with van der Waals surface area (Å²) in [5.41, 5.74) is 0.783. The molecule has 104 valence electrons. The van der Waals surface area contributed by atoms with Crippen molar-refractivity contribution in [3.63, 3.8) is 0 Å². The molecule has 0 aliphatic rings. The zero-order valence-corrected chi connectivity index (χ0v) is 10.3. The smallest absolute Gasteiger partial charge is 0.334 e. The van der Waals surface area contributed by atoms with Crippen LogP contribution in [0.25, 0.3) is 11.3 Å². The maximum atomic E-state index is 11.7. The van der Waals surface area contributed by atoms with E-state index in [1.165, 1.54) is 6.07 Å². The molecular formula is C13H12N2O5. The second kappa shape index (κ2) is 5.98. The number of aliphatic hydroxyl groups excluding tert-OH is 1. The summed E-state index contributed by atoms with van der Waals surface area (Å²) in [4.78, 5) is 22.1. The number of nitrogens with zero attached hydrogens (tertiary/aromatic N) is 1. The fourth-order valence-corrected chi connectivity index (χ4v) is 1.49. The summed E-state index contributed by atoms with van der Waals surface area (Å²) in [6.07, 6.45) is -1.65. The molecule has 0 unspecified atom stereocenters. The molecule has 7 heteroatoms. The predicted molar refractivity (Wildman–Crippen MR) is 67.9 cm³/mol. The summed E-state index contributed by atoms with van der Waals surface area (Å²) in [7, 11) is 0. The molecule has 1 atom stereocenters. The van der Waals surface area contributed by atoms with E-state index in [-0.39, 0.29) is 5.69 Å². The second-order valence-corrected chi connectivity index (χ2v) is 4.01. The Kier molecular flexibility index (Phi) is 4.11. The third-order valence-electron chi connectivity index (χ3n) is 2.54. The largest absolute Gasteiger partial charge is 0.479 e. The lowest BCUT2D eigenvalue weighted by molar-refractivity contribution is -0.146. The Labute approximate surface area is 113 Å². The van der Waals surface area contributed by atoms with Gasteiger partial charge in [0.25, 0.3) is 5.91 Å². The van der Waals surface area contributed by atoms with E-state index >= 15 is 0 Å². The van der Waals surface area contributed by atoms with Crippen LogP contribution in [-0.4, -0.2) is 39.9 Å². The van der Waals surface area contributed by atoms with Crippen molar-refractivity contribution in [2.24, 2.45) is 0 Å². The third-order valence-corrected chi connectivity index (χ3v) is 2.54. The Morgan fingerprint density at radius 1 is 1.30 bits per heavy atom. The van der Waals surface area contributed by atoms with Crippen LogP contribution in [0.5, 0.6) is 0 Å². The SMILES string of the molecule is O=C(NC[C@H](O)C(=O)O)c1cc(-c2ccccc2)on1. The summed E-state index contributed by atoms with van der Waals surface area (Å²) < 4.78 is 5.04. The van der Waals surface area contributed by atoms with Crippen molar-refractivity contribution >= 4 is 11.9 Å². The molecule has 0 aliphatic carbocycles. The number of carbonyl (C=O) groups is 2. The molecule has 0 fully saturated rings. The van der Waals surface area contributed by atoms with Crippen molar-refractivity contribution in [2.75, 3.05) is 6.54 Å². The Bertz CT molecular complexity index is 608. The molecule has 3 N–H and O–H groups in total. The number of aromatic nitrogens is 1. The zero-order chi connectivity index (χ0) is 14.5. The highest BCUT2D eigenvalue weighted by molar-refractivity contribution is 5.93.